The second-order valence-electron chi connectivity index (χ2n) is 9.45. The van der Waals surface area contributed by atoms with Crippen LogP contribution in [0.2, 0.25) is 0 Å². The highest BCUT2D eigenvalue weighted by Gasteiger charge is 2.34. The molecule has 3 fully saturated rings. The summed E-state index contributed by atoms with van der Waals surface area (Å²) in [6.07, 6.45) is 9.25. The number of ether oxygens (including phenoxy) is 1. The number of nitrogens with zero attached hydrogens (tertiary/aromatic N) is 5. The Balaban J connectivity index is 1.23. The van der Waals surface area contributed by atoms with Crippen molar-refractivity contribution in [2.75, 3.05) is 25.0 Å². The average Bonchev–Trinajstić information content (AvgIpc) is 3.77. The molecular weight excluding hydrogens is 416 g/mol. The van der Waals surface area contributed by atoms with Crippen LogP contribution in [0.1, 0.15) is 37.8 Å². The van der Waals surface area contributed by atoms with E-state index in [-0.39, 0.29) is 11.8 Å². The van der Waals surface area contributed by atoms with Crippen LogP contribution in [-0.2, 0) is 4.79 Å². The van der Waals surface area contributed by atoms with Crippen molar-refractivity contribution in [3.63, 3.8) is 0 Å². The number of likely N-dealkylation sites (tertiary alicyclic amines) is 1. The molecule has 1 aliphatic heterocycles. The molecule has 0 aromatic carbocycles. The van der Waals surface area contributed by atoms with Crippen molar-refractivity contribution >= 4 is 17.2 Å². The fourth-order valence-corrected chi connectivity index (χ4v) is 4.62. The Labute approximate surface area is 192 Å². The zero-order valence-electron chi connectivity index (χ0n) is 18.4. The third-order valence-electron chi connectivity index (χ3n) is 6.81. The van der Waals surface area contributed by atoms with Gasteiger partial charge >= 0.3 is 0 Å². The van der Waals surface area contributed by atoms with Gasteiger partial charge in [0.2, 0.25) is 5.91 Å². The topological polar surface area (TPSA) is 95.5 Å². The van der Waals surface area contributed by atoms with E-state index in [1.807, 2.05) is 24.4 Å². The van der Waals surface area contributed by atoms with Crippen LogP contribution in [0.4, 0.5) is 5.82 Å². The summed E-state index contributed by atoms with van der Waals surface area (Å²) in [5, 5.41) is 16.7. The lowest BCUT2D eigenvalue weighted by molar-refractivity contribution is -0.117. The smallest absolute Gasteiger partial charge is 0.228 e. The van der Waals surface area contributed by atoms with Crippen LogP contribution in [0.15, 0.2) is 36.7 Å². The Bertz CT molecular complexity index is 1250. The number of pyridine rings is 2. The summed E-state index contributed by atoms with van der Waals surface area (Å²) in [7, 11) is 0. The summed E-state index contributed by atoms with van der Waals surface area (Å²) in [5.74, 6) is 1.92. The molecule has 2 saturated carbocycles. The molecule has 8 nitrogen and oxygen atoms in total. The number of anilines is 1. The number of nitriles is 1. The molecule has 8 heteroatoms. The van der Waals surface area contributed by atoms with Gasteiger partial charge in [0, 0.05) is 42.2 Å². The largest absolute Gasteiger partial charge is 0.491 e. The molecule has 1 atom stereocenters. The first-order valence-corrected chi connectivity index (χ1v) is 11.7. The molecule has 33 heavy (non-hydrogen) atoms. The number of hydrogen-bond acceptors (Lipinski definition) is 6. The number of hydrogen-bond donors (Lipinski definition) is 1. The highest BCUT2D eigenvalue weighted by atomic mass is 16.5. The lowest BCUT2D eigenvalue weighted by atomic mass is 10.1. The molecule has 168 valence electrons. The van der Waals surface area contributed by atoms with Gasteiger partial charge in [-0.3, -0.25) is 9.69 Å². The van der Waals surface area contributed by atoms with Crippen LogP contribution in [0.25, 0.3) is 16.6 Å². The Kier molecular flexibility index (Phi) is 4.99. The lowest BCUT2D eigenvalue weighted by Crippen LogP contribution is -2.24. The number of amides is 1. The minimum absolute atomic E-state index is 0.0364. The Morgan fingerprint density at radius 1 is 1.21 bits per heavy atom. The minimum atomic E-state index is 0.0364. The van der Waals surface area contributed by atoms with Gasteiger partial charge < -0.3 is 10.1 Å². The zero-order chi connectivity index (χ0) is 22.4. The van der Waals surface area contributed by atoms with Crippen LogP contribution in [0.5, 0.6) is 5.75 Å². The SMILES string of the molecule is N#Cc1cc(-c2ccn3nc(NC(=O)C4CC4)cc3c2)c(OC[C@@H]2CCN(C3CC3)C2)cn1. The van der Waals surface area contributed by atoms with Crippen molar-refractivity contribution in [1.82, 2.24) is 19.5 Å². The summed E-state index contributed by atoms with van der Waals surface area (Å²) in [4.78, 5) is 18.9. The molecule has 3 aromatic rings. The molecule has 0 spiro atoms. The molecule has 0 bridgehead atoms. The molecular formula is C25H26N6O2. The molecule has 1 saturated heterocycles. The van der Waals surface area contributed by atoms with Crippen LogP contribution < -0.4 is 10.1 Å². The van der Waals surface area contributed by atoms with E-state index in [1.54, 1.807) is 16.8 Å². The molecule has 2 aliphatic carbocycles. The number of carbonyl (C=O) groups is 1. The first-order valence-electron chi connectivity index (χ1n) is 11.7. The lowest BCUT2D eigenvalue weighted by Gasteiger charge is -2.17. The molecule has 3 aromatic heterocycles. The van der Waals surface area contributed by atoms with E-state index in [2.05, 4.69) is 26.4 Å². The van der Waals surface area contributed by atoms with Gasteiger partial charge in [-0.2, -0.15) is 10.4 Å². The summed E-state index contributed by atoms with van der Waals surface area (Å²) < 4.78 is 7.99. The van der Waals surface area contributed by atoms with E-state index in [4.69, 9.17) is 4.74 Å². The van der Waals surface area contributed by atoms with E-state index in [9.17, 15) is 10.1 Å². The van der Waals surface area contributed by atoms with Crippen LogP contribution in [-0.4, -0.2) is 51.1 Å². The van der Waals surface area contributed by atoms with Gasteiger partial charge in [-0.1, -0.05) is 0 Å². The van der Waals surface area contributed by atoms with Crippen molar-refractivity contribution in [1.29, 1.82) is 5.26 Å². The van der Waals surface area contributed by atoms with Crippen LogP contribution >= 0.6 is 0 Å². The van der Waals surface area contributed by atoms with Crippen molar-refractivity contribution in [3.8, 4) is 22.9 Å². The van der Waals surface area contributed by atoms with E-state index in [0.717, 1.165) is 55.0 Å². The van der Waals surface area contributed by atoms with Gasteiger partial charge in [0.1, 0.15) is 17.5 Å². The van der Waals surface area contributed by atoms with Crippen molar-refractivity contribution in [2.45, 2.75) is 38.1 Å². The maximum absolute atomic E-state index is 12.1. The summed E-state index contributed by atoms with van der Waals surface area (Å²) in [6.45, 7) is 2.91. The molecule has 1 N–H and O–H groups in total. The van der Waals surface area contributed by atoms with Crippen LogP contribution in [0.3, 0.4) is 0 Å². The third-order valence-corrected chi connectivity index (χ3v) is 6.81. The normalized spacial score (nSPS) is 20.6. The third kappa shape index (κ3) is 4.29. The van der Waals surface area contributed by atoms with E-state index in [0.29, 0.717) is 29.8 Å². The number of carbonyl (C=O) groups excluding carboxylic acids is 1. The van der Waals surface area contributed by atoms with Crippen LogP contribution in [0, 0.1) is 23.2 Å². The van der Waals surface area contributed by atoms with Gasteiger partial charge in [0.05, 0.1) is 18.3 Å². The maximum Gasteiger partial charge on any atom is 0.228 e. The Hall–Kier alpha value is -3.44. The maximum atomic E-state index is 12.1. The number of fused-ring (bicyclic) bond motifs is 1. The molecule has 6 rings (SSSR count). The summed E-state index contributed by atoms with van der Waals surface area (Å²) in [5.41, 5.74) is 2.97. The monoisotopic (exact) mass is 442 g/mol. The zero-order valence-corrected chi connectivity index (χ0v) is 18.4. The minimum Gasteiger partial charge on any atom is -0.491 e. The number of nitrogens with one attached hydrogen (secondary N) is 1. The van der Waals surface area contributed by atoms with Gasteiger partial charge in [-0.05, 0) is 62.4 Å². The molecule has 3 aliphatic rings. The highest BCUT2D eigenvalue weighted by molar-refractivity contribution is 5.93. The standard InChI is InChI=1S/C25H26N6O2/c26-12-19-10-22(23(13-27-19)33-15-16-5-7-30(14-16)20-3-4-20)18-6-8-31-21(9-18)11-24(29-31)28-25(32)17-1-2-17/h6,8-11,13,16-17,20H,1-5,7,14-15H2,(H,28,29,32)/t16-/m1/s1. The Morgan fingerprint density at radius 2 is 2.09 bits per heavy atom. The number of aromatic nitrogens is 3. The molecule has 4 heterocycles. The van der Waals surface area contributed by atoms with Crippen molar-refractivity contribution in [3.05, 3.63) is 42.4 Å². The van der Waals surface area contributed by atoms with E-state index in [1.165, 1.54) is 12.8 Å². The predicted molar refractivity (Wildman–Crippen MR) is 123 cm³/mol. The highest BCUT2D eigenvalue weighted by Crippen LogP contribution is 2.34. The fourth-order valence-electron chi connectivity index (χ4n) is 4.62. The fraction of sp³-hybridized carbons (Fsp3) is 0.440. The summed E-state index contributed by atoms with van der Waals surface area (Å²) >= 11 is 0. The predicted octanol–water partition coefficient (Wildman–Crippen LogP) is 3.48. The van der Waals surface area contributed by atoms with Gasteiger partial charge in [-0.25, -0.2) is 9.50 Å². The van der Waals surface area contributed by atoms with Gasteiger partial charge in [-0.15, -0.1) is 0 Å². The second kappa shape index (κ2) is 8.16. The quantitative estimate of drug-likeness (QED) is 0.602. The average molecular weight is 443 g/mol. The Morgan fingerprint density at radius 3 is 2.88 bits per heavy atom. The number of rotatable bonds is 7. The molecule has 1 amide bonds. The van der Waals surface area contributed by atoms with Gasteiger partial charge in [0.25, 0.3) is 0 Å². The summed E-state index contributed by atoms with van der Waals surface area (Å²) in [6, 6.07) is 10.5. The van der Waals surface area contributed by atoms with Gasteiger partial charge in [0.15, 0.2) is 5.82 Å². The second-order valence-corrected chi connectivity index (χ2v) is 9.45. The molecule has 0 radical (unpaired) electrons. The molecule has 0 unspecified atom stereocenters. The van der Waals surface area contributed by atoms with Crippen molar-refractivity contribution < 1.29 is 9.53 Å². The first-order chi connectivity index (χ1) is 16.2. The van der Waals surface area contributed by atoms with E-state index < -0.39 is 0 Å². The first kappa shape index (κ1) is 20.2. The van der Waals surface area contributed by atoms with Crippen molar-refractivity contribution in [2.24, 2.45) is 11.8 Å². The van der Waals surface area contributed by atoms with E-state index >= 15 is 0 Å².